The summed E-state index contributed by atoms with van der Waals surface area (Å²) in [5.74, 6) is 0. The summed E-state index contributed by atoms with van der Waals surface area (Å²) in [7, 11) is -1.78. The largest absolute Gasteiger partial charge is 0.383 e. The van der Waals surface area contributed by atoms with Crippen LogP contribution in [-0.4, -0.2) is 38.8 Å². The van der Waals surface area contributed by atoms with Crippen molar-refractivity contribution in [2.75, 3.05) is 20.3 Å². The Bertz CT molecular complexity index is 258. The molecule has 0 aliphatic carbocycles. The lowest BCUT2D eigenvalue weighted by molar-refractivity contribution is 0.198. The van der Waals surface area contributed by atoms with E-state index in [0.29, 0.717) is 6.61 Å². The first-order chi connectivity index (χ1) is 6.20. The monoisotopic (exact) mass is 243 g/mol. The van der Waals surface area contributed by atoms with Crippen molar-refractivity contribution >= 4 is 21.6 Å². The summed E-state index contributed by atoms with van der Waals surface area (Å²) in [5.41, 5.74) is 0. The molecular formula is C8H18ClNO3S. The van der Waals surface area contributed by atoms with Crippen LogP contribution in [0.3, 0.4) is 0 Å². The number of rotatable bonds is 5. The number of nitrogens with one attached hydrogen (secondary N) is 1. The molecule has 1 N–H and O–H groups in total. The van der Waals surface area contributed by atoms with Gasteiger partial charge in [0.1, 0.15) is 0 Å². The summed E-state index contributed by atoms with van der Waals surface area (Å²) in [6.45, 7) is 5.42. The van der Waals surface area contributed by atoms with Crippen LogP contribution in [0.1, 0.15) is 20.8 Å². The van der Waals surface area contributed by atoms with E-state index in [-0.39, 0.29) is 11.9 Å². The Morgan fingerprint density at radius 2 is 1.93 bits per heavy atom. The fourth-order valence-corrected chi connectivity index (χ4v) is 1.80. The van der Waals surface area contributed by atoms with Crippen LogP contribution < -0.4 is 4.72 Å². The second-order valence-corrected chi connectivity index (χ2v) is 7.15. The predicted octanol–water partition coefficient (Wildman–Crippen LogP) is 0.958. The maximum absolute atomic E-state index is 11.6. The third-order valence-corrected chi connectivity index (χ3v) is 4.09. The molecule has 0 amide bonds. The molecule has 0 rings (SSSR count). The fraction of sp³-hybridized carbons (Fsp3) is 1.00. The highest BCUT2D eigenvalue weighted by Crippen LogP contribution is 2.13. The van der Waals surface area contributed by atoms with Crippen LogP contribution >= 0.6 is 11.6 Å². The van der Waals surface area contributed by atoms with Gasteiger partial charge in [0.25, 0.3) is 0 Å². The van der Waals surface area contributed by atoms with Gasteiger partial charge in [-0.1, -0.05) is 0 Å². The SMILES string of the molecule is COCC(Cl)CNS(=O)(=O)C(C)(C)C. The van der Waals surface area contributed by atoms with Crippen molar-refractivity contribution in [3.8, 4) is 0 Å². The average molecular weight is 244 g/mol. The summed E-state index contributed by atoms with van der Waals surface area (Å²) in [5, 5.41) is -0.336. The molecule has 6 heteroatoms. The van der Waals surface area contributed by atoms with Crippen LogP contribution in [0.5, 0.6) is 0 Å². The molecule has 0 saturated heterocycles. The normalized spacial score (nSPS) is 15.5. The number of hydrogen-bond acceptors (Lipinski definition) is 3. The Morgan fingerprint density at radius 1 is 1.43 bits per heavy atom. The highest BCUT2D eigenvalue weighted by molar-refractivity contribution is 7.90. The second-order valence-electron chi connectivity index (χ2n) is 4.02. The van der Waals surface area contributed by atoms with Crippen molar-refractivity contribution in [3.63, 3.8) is 0 Å². The van der Waals surface area contributed by atoms with Crippen molar-refractivity contribution in [1.82, 2.24) is 4.72 Å². The zero-order valence-electron chi connectivity index (χ0n) is 9.00. The van der Waals surface area contributed by atoms with Crippen molar-refractivity contribution in [3.05, 3.63) is 0 Å². The van der Waals surface area contributed by atoms with Gasteiger partial charge in [0.2, 0.25) is 10.0 Å². The van der Waals surface area contributed by atoms with Crippen molar-refractivity contribution < 1.29 is 13.2 Å². The number of halogens is 1. The average Bonchev–Trinajstić information content (AvgIpc) is 1.99. The van der Waals surface area contributed by atoms with E-state index in [0.717, 1.165) is 0 Å². The summed E-state index contributed by atoms with van der Waals surface area (Å²) in [6.07, 6.45) is 0. The smallest absolute Gasteiger partial charge is 0.216 e. The fourth-order valence-electron chi connectivity index (χ4n) is 0.656. The summed E-state index contributed by atoms with van der Waals surface area (Å²) in [4.78, 5) is 0. The van der Waals surface area contributed by atoms with Gasteiger partial charge in [0.15, 0.2) is 0 Å². The molecule has 0 aromatic carbocycles. The minimum Gasteiger partial charge on any atom is -0.383 e. The molecule has 86 valence electrons. The minimum atomic E-state index is -3.30. The Balaban J connectivity index is 4.14. The van der Waals surface area contributed by atoms with Gasteiger partial charge in [-0.2, -0.15) is 0 Å². The molecule has 0 saturated carbocycles. The lowest BCUT2D eigenvalue weighted by atomic mass is 10.3. The Labute approximate surface area is 91.0 Å². The van der Waals surface area contributed by atoms with Gasteiger partial charge in [0, 0.05) is 13.7 Å². The molecular weight excluding hydrogens is 226 g/mol. The van der Waals surface area contributed by atoms with Gasteiger partial charge < -0.3 is 4.74 Å². The van der Waals surface area contributed by atoms with E-state index in [2.05, 4.69) is 4.72 Å². The Hall–Kier alpha value is 0.160. The highest BCUT2D eigenvalue weighted by Gasteiger charge is 2.28. The van der Waals surface area contributed by atoms with Gasteiger partial charge in [-0.3, -0.25) is 0 Å². The van der Waals surface area contributed by atoms with Gasteiger partial charge >= 0.3 is 0 Å². The summed E-state index contributed by atoms with van der Waals surface area (Å²) in [6, 6.07) is 0. The van der Waals surface area contributed by atoms with E-state index < -0.39 is 14.8 Å². The van der Waals surface area contributed by atoms with Crippen LogP contribution in [0, 0.1) is 0 Å². The molecule has 0 aliphatic rings. The standard InChI is InChI=1S/C8H18ClNO3S/c1-8(2,3)14(11,12)10-5-7(9)6-13-4/h7,10H,5-6H2,1-4H3. The van der Waals surface area contributed by atoms with Crippen LogP contribution in [0.15, 0.2) is 0 Å². The molecule has 14 heavy (non-hydrogen) atoms. The number of alkyl halides is 1. The number of ether oxygens (including phenoxy) is 1. The maximum atomic E-state index is 11.6. The summed E-state index contributed by atoms with van der Waals surface area (Å²) >= 11 is 5.79. The van der Waals surface area contributed by atoms with Crippen LogP contribution in [0.25, 0.3) is 0 Å². The van der Waals surface area contributed by atoms with E-state index in [1.165, 1.54) is 7.11 Å². The number of hydrogen-bond donors (Lipinski definition) is 1. The first-order valence-corrected chi connectivity index (χ1v) is 6.25. The quantitative estimate of drug-likeness (QED) is 0.732. The van der Waals surface area contributed by atoms with E-state index in [1.54, 1.807) is 20.8 Å². The number of sulfonamides is 1. The molecule has 0 aromatic heterocycles. The Morgan fingerprint density at radius 3 is 2.29 bits per heavy atom. The highest BCUT2D eigenvalue weighted by atomic mass is 35.5. The van der Waals surface area contributed by atoms with Crippen molar-refractivity contribution in [1.29, 1.82) is 0 Å². The van der Waals surface area contributed by atoms with E-state index >= 15 is 0 Å². The predicted molar refractivity (Wildman–Crippen MR) is 58.2 cm³/mol. The van der Waals surface area contributed by atoms with Crippen molar-refractivity contribution in [2.45, 2.75) is 30.9 Å². The van der Waals surface area contributed by atoms with Crippen LogP contribution in [0.4, 0.5) is 0 Å². The molecule has 0 heterocycles. The minimum absolute atomic E-state index is 0.189. The lowest BCUT2D eigenvalue weighted by Gasteiger charge is -2.20. The molecule has 0 aromatic rings. The first kappa shape index (κ1) is 14.2. The van der Waals surface area contributed by atoms with Gasteiger partial charge in [-0.05, 0) is 20.8 Å². The van der Waals surface area contributed by atoms with Crippen LogP contribution in [0.2, 0.25) is 0 Å². The summed E-state index contributed by atoms with van der Waals surface area (Å²) < 4.78 is 29.5. The van der Waals surface area contributed by atoms with E-state index in [4.69, 9.17) is 16.3 Å². The molecule has 0 radical (unpaired) electrons. The van der Waals surface area contributed by atoms with Gasteiger partial charge in [-0.25, -0.2) is 13.1 Å². The van der Waals surface area contributed by atoms with E-state index in [9.17, 15) is 8.42 Å². The van der Waals surface area contributed by atoms with E-state index in [1.807, 2.05) is 0 Å². The molecule has 0 aliphatic heterocycles. The first-order valence-electron chi connectivity index (χ1n) is 4.33. The maximum Gasteiger partial charge on any atom is 0.216 e. The third kappa shape index (κ3) is 4.59. The topological polar surface area (TPSA) is 55.4 Å². The molecule has 1 atom stereocenters. The number of methoxy groups -OCH3 is 1. The molecule has 4 nitrogen and oxygen atoms in total. The second kappa shape index (κ2) is 5.30. The van der Waals surface area contributed by atoms with Gasteiger partial charge in [0.05, 0.1) is 16.7 Å². The molecule has 0 spiro atoms. The molecule has 0 bridgehead atoms. The zero-order valence-corrected chi connectivity index (χ0v) is 10.6. The lowest BCUT2D eigenvalue weighted by Crippen LogP contribution is -2.42. The third-order valence-electron chi connectivity index (χ3n) is 1.65. The Kier molecular flexibility index (Phi) is 5.36. The zero-order chi connectivity index (χ0) is 11.4. The van der Waals surface area contributed by atoms with Crippen LogP contribution in [-0.2, 0) is 14.8 Å². The van der Waals surface area contributed by atoms with Crippen molar-refractivity contribution in [2.24, 2.45) is 0 Å². The van der Waals surface area contributed by atoms with Gasteiger partial charge in [-0.15, -0.1) is 11.6 Å². The molecule has 0 fully saturated rings. The molecule has 1 unspecified atom stereocenters.